The van der Waals surface area contributed by atoms with Crippen LogP contribution in [0.2, 0.25) is 0 Å². The van der Waals surface area contributed by atoms with E-state index in [0.717, 1.165) is 32.4 Å². The van der Waals surface area contributed by atoms with Crippen LogP contribution in [0, 0.1) is 11.3 Å². The average molecular weight is 195 g/mol. The zero-order chi connectivity index (χ0) is 10.3. The van der Waals surface area contributed by atoms with Crippen LogP contribution in [0.15, 0.2) is 0 Å². The van der Waals surface area contributed by atoms with Crippen molar-refractivity contribution in [3.63, 3.8) is 0 Å². The Kier molecular flexibility index (Phi) is 2.42. The monoisotopic (exact) mass is 195 g/mol. The Morgan fingerprint density at radius 2 is 1.86 bits per heavy atom. The number of Topliss-reactive ketones (excluding diaryl/α,β-unsaturated/α-hetero) is 1. The van der Waals surface area contributed by atoms with Crippen LogP contribution < -0.4 is 0 Å². The molecule has 0 saturated carbocycles. The van der Waals surface area contributed by atoms with Gasteiger partial charge in [0.25, 0.3) is 0 Å². The average Bonchev–Trinajstić information content (AvgIpc) is 2.10. The number of carbonyl (C=O) groups excluding carboxylic acids is 1. The smallest absolute Gasteiger partial charge is 0.153 e. The molecule has 0 amide bonds. The van der Waals surface area contributed by atoms with Gasteiger partial charge < -0.3 is 0 Å². The molecule has 2 bridgehead atoms. The van der Waals surface area contributed by atoms with Crippen LogP contribution in [-0.2, 0) is 4.79 Å². The Labute approximate surface area is 86.7 Å². The third-order valence-corrected chi connectivity index (χ3v) is 3.51. The molecule has 0 aromatic heterocycles. The first kappa shape index (κ1) is 10.2. The normalized spacial score (nSPS) is 37.6. The molecule has 3 saturated heterocycles. The van der Waals surface area contributed by atoms with Gasteiger partial charge >= 0.3 is 0 Å². The SMILES string of the molecule is CC(C)(C)CC1C(=O)C2CCN1CC2. The van der Waals surface area contributed by atoms with Crippen molar-refractivity contribution >= 4 is 5.78 Å². The van der Waals surface area contributed by atoms with Gasteiger partial charge in [-0.15, -0.1) is 0 Å². The highest BCUT2D eigenvalue weighted by atomic mass is 16.1. The van der Waals surface area contributed by atoms with Crippen molar-refractivity contribution < 1.29 is 4.79 Å². The van der Waals surface area contributed by atoms with E-state index < -0.39 is 0 Å². The second kappa shape index (κ2) is 3.34. The molecule has 3 rings (SSSR count). The zero-order valence-electron chi connectivity index (χ0n) is 9.55. The van der Waals surface area contributed by atoms with E-state index in [0.29, 0.717) is 11.7 Å². The standard InChI is InChI=1S/C12H21NO/c1-12(2,3)8-10-11(14)9-4-6-13(10)7-5-9/h9-10H,4-8H2,1-3H3. The van der Waals surface area contributed by atoms with Gasteiger partial charge in [-0.05, 0) is 37.8 Å². The Hall–Kier alpha value is -0.370. The minimum atomic E-state index is 0.238. The highest BCUT2D eigenvalue weighted by Crippen LogP contribution is 2.34. The first-order valence-corrected chi connectivity index (χ1v) is 5.75. The largest absolute Gasteiger partial charge is 0.298 e. The van der Waals surface area contributed by atoms with Gasteiger partial charge in [-0.1, -0.05) is 20.8 Å². The minimum absolute atomic E-state index is 0.238. The summed E-state index contributed by atoms with van der Waals surface area (Å²) in [5, 5.41) is 0. The van der Waals surface area contributed by atoms with Gasteiger partial charge in [0.1, 0.15) is 0 Å². The molecule has 3 aliphatic heterocycles. The summed E-state index contributed by atoms with van der Waals surface area (Å²) in [6.07, 6.45) is 3.25. The Morgan fingerprint density at radius 3 is 2.29 bits per heavy atom. The summed E-state index contributed by atoms with van der Waals surface area (Å²) in [6.45, 7) is 8.98. The lowest BCUT2D eigenvalue weighted by Crippen LogP contribution is -2.56. The molecule has 0 N–H and O–H groups in total. The van der Waals surface area contributed by atoms with Crippen molar-refractivity contribution in [3.8, 4) is 0 Å². The molecular formula is C12H21NO. The van der Waals surface area contributed by atoms with Crippen molar-refractivity contribution in [2.24, 2.45) is 11.3 Å². The molecule has 1 atom stereocenters. The first-order chi connectivity index (χ1) is 6.47. The topological polar surface area (TPSA) is 20.3 Å². The predicted molar refractivity (Wildman–Crippen MR) is 57.2 cm³/mol. The minimum Gasteiger partial charge on any atom is -0.298 e. The number of carbonyl (C=O) groups is 1. The third kappa shape index (κ3) is 1.85. The van der Waals surface area contributed by atoms with Crippen LogP contribution in [0.3, 0.4) is 0 Å². The predicted octanol–water partition coefficient (Wildman–Crippen LogP) is 2.09. The molecule has 3 fully saturated rings. The number of nitrogens with zero attached hydrogens (tertiary/aromatic N) is 1. The van der Waals surface area contributed by atoms with Crippen molar-refractivity contribution in [2.45, 2.75) is 46.1 Å². The summed E-state index contributed by atoms with van der Waals surface area (Å²) in [7, 11) is 0. The van der Waals surface area contributed by atoms with E-state index in [-0.39, 0.29) is 11.5 Å². The summed E-state index contributed by atoms with van der Waals surface area (Å²) in [5.41, 5.74) is 0.276. The van der Waals surface area contributed by atoms with Crippen LogP contribution in [-0.4, -0.2) is 29.8 Å². The van der Waals surface area contributed by atoms with Crippen molar-refractivity contribution in [1.82, 2.24) is 4.90 Å². The van der Waals surface area contributed by atoms with Gasteiger partial charge in [0, 0.05) is 5.92 Å². The molecule has 0 aliphatic carbocycles. The number of rotatable bonds is 1. The van der Waals surface area contributed by atoms with Crippen LogP contribution in [0.5, 0.6) is 0 Å². The Balaban J connectivity index is 2.08. The summed E-state index contributed by atoms with van der Waals surface area (Å²) in [4.78, 5) is 14.4. The number of piperidine rings is 3. The summed E-state index contributed by atoms with van der Waals surface area (Å²) >= 11 is 0. The molecular weight excluding hydrogens is 174 g/mol. The van der Waals surface area contributed by atoms with E-state index in [1.54, 1.807) is 0 Å². The van der Waals surface area contributed by atoms with Gasteiger partial charge in [-0.2, -0.15) is 0 Å². The highest BCUT2D eigenvalue weighted by molar-refractivity contribution is 5.87. The number of hydrogen-bond acceptors (Lipinski definition) is 2. The lowest BCUT2D eigenvalue weighted by atomic mass is 9.76. The molecule has 14 heavy (non-hydrogen) atoms. The van der Waals surface area contributed by atoms with Crippen molar-refractivity contribution in [1.29, 1.82) is 0 Å². The Bertz CT molecular complexity index is 233. The maximum Gasteiger partial charge on any atom is 0.153 e. The summed E-state index contributed by atoms with van der Waals surface area (Å²) in [6, 6.07) is 0.238. The third-order valence-electron chi connectivity index (χ3n) is 3.51. The van der Waals surface area contributed by atoms with E-state index in [9.17, 15) is 4.79 Å². The van der Waals surface area contributed by atoms with Crippen LogP contribution in [0.4, 0.5) is 0 Å². The molecule has 0 aromatic carbocycles. The number of ketones is 1. The van der Waals surface area contributed by atoms with Gasteiger partial charge in [-0.25, -0.2) is 0 Å². The summed E-state index contributed by atoms with van der Waals surface area (Å²) in [5.74, 6) is 0.921. The lowest BCUT2D eigenvalue weighted by Gasteiger charge is -2.45. The second-order valence-corrected chi connectivity index (χ2v) is 5.99. The highest BCUT2D eigenvalue weighted by Gasteiger charge is 2.41. The molecule has 0 spiro atoms. The summed E-state index contributed by atoms with van der Waals surface area (Å²) < 4.78 is 0. The fourth-order valence-corrected chi connectivity index (χ4v) is 2.76. The molecule has 3 aliphatic rings. The number of fused-ring (bicyclic) bond motifs is 3. The molecule has 2 heteroatoms. The Morgan fingerprint density at radius 1 is 1.29 bits per heavy atom. The maximum atomic E-state index is 12.0. The zero-order valence-corrected chi connectivity index (χ0v) is 9.55. The fourth-order valence-electron chi connectivity index (χ4n) is 2.76. The maximum absolute atomic E-state index is 12.0. The van der Waals surface area contributed by atoms with Gasteiger partial charge in [0.05, 0.1) is 6.04 Å². The quantitative estimate of drug-likeness (QED) is 0.638. The van der Waals surface area contributed by atoms with Crippen LogP contribution in [0.1, 0.15) is 40.0 Å². The fraction of sp³-hybridized carbons (Fsp3) is 0.917. The van der Waals surface area contributed by atoms with E-state index in [1.807, 2.05) is 0 Å². The first-order valence-electron chi connectivity index (χ1n) is 5.75. The van der Waals surface area contributed by atoms with Crippen LogP contribution in [0.25, 0.3) is 0 Å². The van der Waals surface area contributed by atoms with E-state index in [1.165, 1.54) is 0 Å². The molecule has 2 nitrogen and oxygen atoms in total. The van der Waals surface area contributed by atoms with Crippen molar-refractivity contribution in [3.05, 3.63) is 0 Å². The van der Waals surface area contributed by atoms with Gasteiger partial charge in [0.15, 0.2) is 5.78 Å². The second-order valence-electron chi connectivity index (χ2n) is 5.99. The lowest BCUT2D eigenvalue weighted by molar-refractivity contribution is -0.138. The molecule has 0 aromatic rings. The molecule has 3 heterocycles. The van der Waals surface area contributed by atoms with E-state index in [4.69, 9.17) is 0 Å². The van der Waals surface area contributed by atoms with Crippen molar-refractivity contribution in [2.75, 3.05) is 13.1 Å². The molecule has 0 radical (unpaired) electrons. The van der Waals surface area contributed by atoms with E-state index in [2.05, 4.69) is 25.7 Å². The molecule has 80 valence electrons. The molecule has 1 unspecified atom stereocenters. The van der Waals surface area contributed by atoms with Gasteiger partial charge in [-0.3, -0.25) is 9.69 Å². The van der Waals surface area contributed by atoms with E-state index >= 15 is 0 Å². The van der Waals surface area contributed by atoms with Crippen LogP contribution >= 0.6 is 0 Å². The van der Waals surface area contributed by atoms with Gasteiger partial charge in [0.2, 0.25) is 0 Å². The number of hydrogen-bond donors (Lipinski definition) is 0.